The lowest BCUT2D eigenvalue weighted by Crippen LogP contribution is -2.58. The van der Waals surface area contributed by atoms with E-state index in [4.69, 9.17) is 0 Å². The van der Waals surface area contributed by atoms with E-state index in [0.717, 1.165) is 19.1 Å². The first-order chi connectivity index (χ1) is 10.7. The van der Waals surface area contributed by atoms with Crippen molar-refractivity contribution in [3.05, 3.63) is 35.6 Å². The van der Waals surface area contributed by atoms with E-state index in [9.17, 15) is 31.3 Å². The minimum Gasteiger partial charge on any atom is -0.381 e. The minimum absolute atomic E-state index is 0.460. The molecule has 1 rings (SSSR count). The SMILES string of the molecule is CC(C)(C)S(=O)N[C@](C)(c1ccccc1F)[C@@H](F)[C@@H](O)C(F)(F)F. The first kappa shape index (κ1) is 21.0. The van der Waals surface area contributed by atoms with Crippen LogP contribution in [-0.4, -0.2) is 32.5 Å². The Hall–Kier alpha value is -1.06. The fourth-order valence-electron chi connectivity index (χ4n) is 1.97. The van der Waals surface area contributed by atoms with Crippen LogP contribution in [0.3, 0.4) is 0 Å². The molecule has 1 aromatic rings. The van der Waals surface area contributed by atoms with E-state index in [1.165, 1.54) is 32.9 Å². The summed E-state index contributed by atoms with van der Waals surface area (Å²) in [4.78, 5) is 0. The summed E-state index contributed by atoms with van der Waals surface area (Å²) in [7, 11) is -2.01. The summed E-state index contributed by atoms with van der Waals surface area (Å²) in [5.41, 5.74) is -2.82. The van der Waals surface area contributed by atoms with E-state index < -0.39 is 51.1 Å². The Balaban J connectivity index is 3.42. The Morgan fingerprint density at radius 1 is 1.12 bits per heavy atom. The van der Waals surface area contributed by atoms with Crippen LogP contribution in [0.15, 0.2) is 24.3 Å². The van der Waals surface area contributed by atoms with Gasteiger partial charge < -0.3 is 5.11 Å². The number of aliphatic hydroxyl groups excluding tert-OH is 1. The molecule has 2 N–H and O–H groups in total. The first-order valence-electron chi connectivity index (χ1n) is 7.05. The number of alkyl halides is 4. The molecule has 9 heteroatoms. The highest BCUT2D eigenvalue weighted by molar-refractivity contribution is 7.84. The van der Waals surface area contributed by atoms with Gasteiger partial charge in [-0.15, -0.1) is 0 Å². The van der Waals surface area contributed by atoms with Gasteiger partial charge in [0.2, 0.25) is 0 Å². The van der Waals surface area contributed by atoms with Crippen molar-refractivity contribution in [2.24, 2.45) is 0 Å². The Labute approximate surface area is 139 Å². The topological polar surface area (TPSA) is 49.3 Å². The number of aliphatic hydroxyl groups is 1. The minimum atomic E-state index is -5.25. The Bertz CT molecular complexity index is 602. The lowest BCUT2D eigenvalue weighted by molar-refractivity contribution is -0.228. The number of rotatable bonds is 5. The molecule has 0 saturated heterocycles. The molecule has 0 radical (unpaired) electrons. The van der Waals surface area contributed by atoms with E-state index in [1.54, 1.807) is 0 Å². The van der Waals surface area contributed by atoms with E-state index in [1.807, 2.05) is 0 Å². The van der Waals surface area contributed by atoms with E-state index in [2.05, 4.69) is 4.72 Å². The highest BCUT2D eigenvalue weighted by atomic mass is 32.2. The van der Waals surface area contributed by atoms with Crippen LogP contribution in [0.5, 0.6) is 0 Å². The second-order valence-electron chi connectivity index (χ2n) is 6.55. The molecule has 1 aromatic carbocycles. The summed E-state index contributed by atoms with van der Waals surface area (Å²) in [6.45, 7) is 5.50. The van der Waals surface area contributed by atoms with Crippen molar-refractivity contribution in [3.63, 3.8) is 0 Å². The van der Waals surface area contributed by atoms with Crippen molar-refractivity contribution in [1.29, 1.82) is 0 Å². The van der Waals surface area contributed by atoms with Crippen molar-refractivity contribution in [1.82, 2.24) is 4.72 Å². The number of hydrogen-bond acceptors (Lipinski definition) is 2. The van der Waals surface area contributed by atoms with Crippen molar-refractivity contribution in [2.45, 2.75) is 56.4 Å². The molecule has 24 heavy (non-hydrogen) atoms. The van der Waals surface area contributed by atoms with Crippen molar-refractivity contribution < 1.29 is 31.3 Å². The number of nitrogens with one attached hydrogen (secondary N) is 1. The number of benzene rings is 1. The normalized spacial score (nSPS) is 19.4. The van der Waals surface area contributed by atoms with Gasteiger partial charge in [-0.2, -0.15) is 13.2 Å². The molecular weight excluding hydrogens is 353 g/mol. The summed E-state index contributed by atoms with van der Waals surface area (Å²) < 4.78 is 80.5. The first-order valence-corrected chi connectivity index (χ1v) is 8.20. The van der Waals surface area contributed by atoms with Gasteiger partial charge >= 0.3 is 6.18 Å². The smallest absolute Gasteiger partial charge is 0.381 e. The molecule has 0 spiro atoms. The van der Waals surface area contributed by atoms with Gasteiger partial charge in [-0.05, 0) is 33.8 Å². The summed E-state index contributed by atoms with van der Waals surface area (Å²) in [6.07, 6.45) is -11.6. The maximum Gasteiger partial charge on any atom is 0.417 e. The fourth-order valence-corrected chi connectivity index (χ4v) is 2.88. The number of halogens is 5. The summed E-state index contributed by atoms with van der Waals surface area (Å²) in [5, 5.41) is 9.30. The second-order valence-corrected chi connectivity index (χ2v) is 8.52. The molecule has 0 heterocycles. The Kier molecular flexibility index (Phi) is 6.16. The van der Waals surface area contributed by atoms with Crippen molar-refractivity contribution in [3.8, 4) is 0 Å². The van der Waals surface area contributed by atoms with Crippen LogP contribution in [0.2, 0.25) is 0 Å². The summed E-state index contributed by atoms with van der Waals surface area (Å²) in [5.74, 6) is -0.976. The summed E-state index contributed by atoms with van der Waals surface area (Å²) in [6, 6.07) is 4.62. The van der Waals surface area contributed by atoms with Crippen molar-refractivity contribution >= 4 is 11.0 Å². The lowest BCUT2D eigenvalue weighted by atomic mass is 9.85. The third-order valence-corrected chi connectivity index (χ3v) is 5.18. The predicted octanol–water partition coefficient (Wildman–Crippen LogP) is 3.35. The van der Waals surface area contributed by atoms with Crippen LogP contribution >= 0.6 is 0 Å². The molecule has 0 saturated carbocycles. The molecule has 4 atom stereocenters. The lowest BCUT2D eigenvalue weighted by Gasteiger charge is -2.38. The second kappa shape index (κ2) is 7.05. The Morgan fingerprint density at radius 3 is 2.04 bits per heavy atom. The average molecular weight is 373 g/mol. The van der Waals surface area contributed by atoms with Gasteiger partial charge in [-0.1, -0.05) is 18.2 Å². The fraction of sp³-hybridized carbons (Fsp3) is 0.600. The molecule has 0 amide bonds. The molecule has 0 aromatic heterocycles. The zero-order valence-corrected chi connectivity index (χ0v) is 14.4. The maximum atomic E-state index is 14.6. The molecule has 0 aliphatic heterocycles. The van der Waals surface area contributed by atoms with Gasteiger partial charge in [-0.3, -0.25) is 0 Å². The third-order valence-electron chi connectivity index (χ3n) is 3.46. The van der Waals surface area contributed by atoms with Gasteiger partial charge in [-0.25, -0.2) is 17.7 Å². The monoisotopic (exact) mass is 373 g/mol. The number of hydrogen-bond donors (Lipinski definition) is 2. The zero-order valence-electron chi connectivity index (χ0n) is 13.6. The molecular formula is C15H20F5NO2S. The van der Waals surface area contributed by atoms with Crippen LogP contribution in [0.1, 0.15) is 33.3 Å². The predicted molar refractivity (Wildman–Crippen MR) is 81.7 cm³/mol. The highest BCUT2D eigenvalue weighted by Crippen LogP contribution is 2.37. The molecule has 138 valence electrons. The third kappa shape index (κ3) is 4.52. The molecule has 0 aliphatic carbocycles. The van der Waals surface area contributed by atoms with E-state index in [-0.39, 0.29) is 0 Å². The van der Waals surface area contributed by atoms with Gasteiger partial charge in [0.1, 0.15) is 5.82 Å². The van der Waals surface area contributed by atoms with Gasteiger partial charge in [0.25, 0.3) is 0 Å². The van der Waals surface area contributed by atoms with Gasteiger partial charge in [0.15, 0.2) is 12.3 Å². The highest BCUT2D eigenvalue weighted by Gasteiger charge is 2.53. The van der Waals surface area contributed by atoms with Crippen LogP contribution < -0.4 is 4.72 Å². The molecule has 0 bridgehead atoms. The van der Waals surface area contributed by atoms with Crippen LogP contribution in [0.25, 0.3) is 0 Å². The molecule has 0 fully saturated rings. The largest absolute Gasteiger partial charge is 0.417 e. The van der Waals surface area contributed by atoms with E-state index in [0.29, 0.717) is 0 Å². The molecule has 3 nitrogen and oxygen atoms in total. The summed E-state index contributed by atoms with van der Waals surface area (Å²) >= 11 is 0. The van der Waals surface area contributed by atoms with Crippen molar-refractivity contribution in [2.75, 3.05) is 0 Å². The zero-order chi connectivity index (χ0) is 18.9. The maximum absolute atomic E-state index is 14.6. The standard InChI is InChI=1S/C15H20F5NO2S/c1-13(2,3)24(23)21-14(4,9-7-5-6-8-10(9)16)11(17)12(22)15(18,19)20/h5-8,11-12,21-22H,1-4H3/t11-,12+,14+,24?/m0/s1. The molecule has 1 unspecified atom stereocenters. The van der Waals surface area contributed by atoms with E-state index >= 15 is 0 Å². The quantitative estimate of drug-likeness (QED) is 0.778. The van der Waals surface area contributed by atoms with Gasteiger partial charge in [0, 0.05) is 5.56 Å². The van der Waals surface area contributed by atoms with Crippen LogP contribution in [0.4, 0.5) is 22.0 Å². The molecule has 0 aliphatic rings. The van der Waals surface area contributed by atoms with Crippen LogP contribution in [-0.2, 0) is 16.5 Å². The Morgan fingerprint density at radius 2 is 1.62 bits per heavy atom. The average Bonchev–Trinajstić information content (AvgIpc) is 2.43. The van der Waals surface area contributed by atoms with Crippen LogP contribution in [0, 0.1) is 5.82 Å². The van der Waals surface area contributed by atoms with Gasteiger partial charge in [0.05, 0.1) is 21.3 Å².